The summed E-state index contributed by atoms with van der Waals surface area (Å²) >= 11 is 3.29. The van der Waals surface area contributed by atoms with E-state index in [2.05, 4.69) is 15.9 Å². The normalized spacial score (nSPS) is 19.8. The number of hydrogen-bond donors (Lipinski definition) is 1. The minimum atomic E-state index is -0.963. The average Bonchev–Trinajstić information content (AvgIpc) is 2.79. The van der Waals surface area contributed by atoms with E-state index in [1.165, 1.54) is 25.2 Å². The van der Waals surface area contributed by atoms with E-state index in [4.69, 9.17) is 0 Å². The molecule has 0 aliphatic carbocycles. The van der Waals surface area contributed by atoms with E-state index in [1.54, 1.807) is 30.3 Å². The van der Waals surface area contributed by atoms with Crippen molar-refractivity contribution in [3.63, 3.8) is 0 Å². The standard InChI is InChI=1S/C18H13BrFNO3/c1-21-15(12-4-2-3-5-13(12)20)14(17(23)18(21)24)16(22)10-6-8-11(19)9-7-10/h2-9,15,22H,1H3/b16-14-. The molecule has 1 amide bonds. The molecule has 2 aromatic carbocycles. The second-order valence-corrected chi connectivity index (χ2v) is 6.35. The highest BCUT2D eigenvalue weighted by Gasteiger charge is 2.45. The Balaban J connectivity index is 2.20. The highest BCUT2D eigenvalue weighted by Crippen LogP contribution is 2.39. The van der Waals surface area contributed by atoms with E-state index < -0.39 is 23.5 Å². The zero-order chi connectivity index (χ0) is 17.4. The van der Waals surface area contributed by atoms with Crippen LogP contribution in [0.15, 0.2) is 58.6 Å². The monoisotopic (exact) mass is 389 g/mol. The Labute approximate surface area is 146 Å². The topological polar surface area (TPSA) is 57.6 Å². The smallest absolute Gasteiger partial charge is 0.295 e. The molecule has 1 unspecified atom stereocenters. The molecule has 1 fully saturated rings. The Morgan fingerprint density at radius 1 is 1.12 bits per heavy atom. The van der Waals surface area contributed by atoms with Crippen molar-refractivity contribution in [3.8, 4) is 0 Å². The molecule has 4 nitrogen and oxygen atoms in total. The molecule has 6 heteroatoms. The number of benzene rings is 2. The van der Waals surface area contributed by atoms with Crippen molar-refractivity contribution in [3.05, 3.63) is 75.5 Å². The van der Waals surface area contributed by atoms with Crippen molar-refractivity contribution in [1.82, 2.24) is 4.90 Å². The Hall–Kier alpha value is -2.47. The highest BCUT2D eigenvalue weighted by molar-refractivity contribution is 9.10. The molecular formula is C18H13BrFNO3. The quantitative estimate of drug-likeness (QED) is 0.484. The van der Waals surface area contributed by atoms with Crippen LogP contribution in [-0.2, 0) is 9.59 Å². The second kappa shape index (κ2) is 6.20. The molecule has 1 heterocycles. The van der Waals surface area contributed by atoms with Gasteiger partial charge >= 0.3 is 0 Å². The fourth-order valence-corrected chi connectivity index (χ4v) is 3.04. The van der Waals surface area contributed by atoms with Crippen LogP contribution in [0.4, 0.5) is 4.39 Å². The van der Waals surface area contributed by atoms with Crippen LogP contribution in [0.1, 0.15) is 17.2 Å². The lowest BCUT2D eigenvalue weighted by Crippen LogP contribution is -2.25. The van der Waals surface area contributed by atoms with E-state index in [1.807, 2.05) is 0 Å². The van der Waals surface area contributed by atoms with E-state index in [0.717, 1.165) is 9.37 Å². The zero-order valence-corrected chi connectivity index (χ0v) is 14.2. The maximum absolute atomic E-state index is 14.2. The van der Waals surface area contributed by atoms with E-state index >= 15 is 0 Å². The number of aliphatic hydroxyl groups is 1. The molecule has 1 saturated heterocycles. The summed E-state index contributed by atoms with van der Waals surface area (Å²) in [6, 6.07) is 11.6. The summed E-state index contributed by atoms with van der Waals surface area (Å²) < 4.78 is 15.0. The molecule has 1 aliphatic heterocycles. The van der Waals surface area contributed by atoms with Gasteiger partial charge in [-0.25, -0.2) is 4.39 Å². The van der Waals surface area contributed by atoms with Crippen LogP contribution in [0.3, 0.4) is 0 Å². The van der Waals surface area contributed by atoms with Gasteiger partial charge in [0.1, 0.15) is 11.6 Å². The fraction of sp³-hybridized carbons (Fsp3) is 0.111. The minimum absolute atomic E-state index is 0.116. The number of hydrogen-bond acceptors (Lipinski definition) is 3. The predicted octanol–water partition coefficient (Wildman–Crippen LogP) is 3.64. The Bertz CT molecular complexity index is 861. The van der Waals surface area contributed by atoms with Gasteiger partial charge in [0.25, 0.3) is 11.7 Å². The van der Waals surface area contributed by atoms with Crippen LogP contribution in [0.5, 0.6) is 0 Å². The van der Waals surface area contributed by atoms with Gasteiger partial charge in [0, 0.05) is 22.6 Å². The number of carbonyl (C=O) groups is 2. The summed E-state index contributed by atoms with van der Waals surface area (Å²) in [6.45, 7) is 0. The van der Waals surface area contributed by atoms with Crippen LogP contribution < -0.4 is 0 Å². The molecule has 0 saturated carbocycles. The Morgan fingerprint density at radius 2 is 1.75 bits per heavy atom. The van der Waals surface area contributed by atoms with E-state index in [9.17, 15) is 19.1 Å². The van der Waals surface area contributed by atoms with Crippen LogP contribution in [0.25, 0.3) is 5.76 Å². The maximum atomic E-state index is 14.2. The highest BCUT2D eigenvalue weighted by atomic mass is 79.9. The van der Waals surface area contributed by atoms with E-state index in [0.29, 0.717) is 5.56 Å². The molecule has 0 radical (unpaired) electrons. The first kappa shape index (κ1) is 16.4. The predicted molar refractivity (Wildman–Crippen MR) is 90.6 cm³/mol. The molecular weight excluding hydrogens is 377 g/mol. The molecule has 0 bridgehead atoms. The summed E-state index contributed by atoms with van der Waals surface area (Å²) in [5.74, 6) is -2.47. The first-order valence-corrected chi connectivity index (χ1v) is 7.96. The molecule has 24 heavy (non-hydrogen) atoms. The van der Waals surface area contributed by atoms with Crippen LogP contribution >= 0.6 is 15.9 Å². The number of nitrogens with zero attached hydrogens (tertiary/aromatic N) is 1. The third-order valence-electron chi connectivity index (χ3n) is 3.99. The lowest BCUT2D eigenvalue weighted by atomic mass is 9.95. The summed E-state index contributed by atoms with van der Waals surface area (Å²) in [7, 11) is 1.42. The summed E-state index contributed by atoms with van der Waals surface area (Å²) in [5.41, 5.74) is 0.429. The number of amides is 1. The number of likely N-dealkylation sites (N-methyl/N-ethyl adjacent to an activating group) is 1. The number of Topliss-reactive ketones (excluding diaryl/α,β-unsaturated/α-hetero) is 1. The van der Waals surface area contributed by atoms with Crippen molar-refractivity contribution in [2.75, 3.05) is 7.05 Å². The van der Waals surface area contributed by atoms with Gasteiger partial charge in [0.15, 0.2) is 0 Å². The lowest BCUT2D eigenvalue weighted by molar-refractivity contribution is -0.139. The SMILES string of the molecule is CN1C(=O)C(=O)/C(=C(\O)c2ccc(Br)cc2)C1c1ccccc1F. The molecule has 0 aromatic heterocycles. The summed E-state index contributed by atoms with van der Waals surface area (Å²) in [6.07, 6.45) is 0. The van der Waals surface area contributed by atoms with Gasteiger partial charge in [-0.2, -0.15) is 0 Å². The number of rotatable bonds is 2. The Kier molecular flexibility index (Phi) is 4.24. The fourth-order valence-electron chi connectivity index (χ4n) is 2.77. The van der Waals surface area contributed by atoms with Gasteiger partial charge in [-0.3, -0.25) is 9.59 Å². The number of carbonyl (C=O) groups excluding carboxylic acids is 2. The number of aliphatic hydroxyl groups excluding tert-OH is 1. The molecule has 2 aromatic rings. The summed E-state index contributed by atoms with van der Waals surface area (Å²) in [4.78, 5) is 25.6. The van der Waals surface area contributed by atoms with Crippen molar-refractivity contribution in [2.24, 2.45) is 0 Å². The summed E-state index contributed by atoms with van der Waals surface area (Å²) in [5, 5.41) is 10.6. The molecule has 1 atom stereocenters. The lowest BCUT2D eigenvalue weighted by Gasteiger charge is -2.21. The van der Waals surface area contributed by atoms with Gasteiger partial charge in [0.05, 0.1) is 11.6 Å². The Morgan fingerprint density at radius 3 is 2.38 bits per heavy atom. The van der Waals surface area contributed by atoms with Gasteiger partial charge in [-0.15, -0.1) is 0 Å². The number of halogens is 2. The van der Waals surface area contributed by atoms with Crippen molar-refractivity contribution >= 4 is 33.4 Å². The van der Waals surface area contributed by atoms with Gasteiger partial charge in [-0.05, 0) is 18.2 Å². The molecule has 1 aliphatic rings. The van der Waals surface area contributed by atoms with E-state index in [-0.39, 0.29) is 16.9 Å². The van der Waals surface area contributed by atoms with Crippen molar-refractivity contribution < 1.29 is 19.1 Å². The molecule has 3 rings (SSSR count). The van der Waals surface area contributed by atoms with Gasteiger partial charge in [0.2, 0.25) is 0 Å². The minimum Gasteiger partial charge on any atom is -0.507 e. The first-order chi connectivity index (χ1) is 11.4. The van der Waals surface area contributed by atoms with Crippen LogP contribution in [0, 0.1) is 5.82 Å². The van der Waals surface area contributed by atoms with Gasteiger partial charge < -0.3 is 10.0 Å². The van der Waals surface area contributed by atoms with Crippen molar-refractivity contribution in [1.29, 1.82) is 0 Å². The van der Waals surface area contributed by atoms with Crippen molar-refractivity contribution in [2.45, 2.75) is 6.04 Å². The number of ketones is 1. The molecule has 1 N–H and O–H groups in total. The largest absolute Gasteiger partial charge is 0.507 e. The second-order valence-electron chi connectivity index (χ2n) is 5.44. The van der Waals surface area contributed by atoms with Crippen LogP contribution in [0.2, 0.25) is 0 Å². The molecule has 0 spiro atoms. The molecule has 122 valence electrons. The third kappa shape index (κ3) is 2.63. The maximum Gasteiger partial charge on any atom is 0.295 e. The zero-order valence-electron chi connectivity index (χ0n) is 12.7. The first-order valence-electron chi connectivity index (χ1n) is 7.16. The third-order valence-corrected chi connectivity index (χ3v) is 4.52. The number of likely N-dealkylation sites (tertiary alicyclic amines) is 1. The van der Waals surface area contributed by atoms with Gasteiger partial charge in [-0.1, -0.05) is 46.3 Å². The average molecular weight is 390 g/mol. The van der Waals surface area contributed by atoms with Crippen LogP contribution in [-0.4, -0.2) is 28.7 Å².